The second-order valence-corrected chi connectivity index (χ2v) is 8.08. The molecule has 0 unspecified atom stereocenters. The second-order valence-electron chi connectivity index (χ2n) is 8.08. The Bertz CT molecular complexity index is 1430. The van der Waals surface area contributed by atoms with Crippen LogP contribution in [0.2, 0.25) is 0 Å². The number of aryl methyl sites for hydroxylation is 1. The number of amides is 2. The first-order chi connectivity index (χ1) is 16.5. The van der Waals surface area contributed by atoms with Crippen LogP contribution in [0.4, 0.5) is 18.9 Å². The van der Waals surface area contributed by atoms with E-state index in [9.17, 15) is 22.8 Å². The van der Waals surface area contributed by atoms with Crippen LogP contribution in [-0.2, 0) is 17.5 Å². The molecule has 2 amide bonds. The van der Waals surface area contributed by atoms with Crippen LogP contribution in [0.25, 0.3) is 22.4 Å². The average molecular weight is 482 g/mol. The summed E-state index contributed by atoms with van der Waals surface area (Å²) >= 11 is 0. The SMILES string of the molecule is CC(=O)N(C)Cc1cccc(NC(=O)c2cc(-c3ccccc3C(F)(F)F)nc3onc(C)c23)c1. The number of fused-ring (bicyclic) bond motifs is 1. The summed E-state index contributed by atoms with van der Waals surface area (Å²) in [5.41, 5.74) is 0.540. The predicted octanol–water partition coefficient (Wildman–Crippen LogP) is 5.45. The fourth-order valence-corrected chi connectivity index (χ4v) is 3.70. The van der Waals surface area contributed by atoms with Crippen molar-refractivity contribution in [1.82, 2.24) is 15.0 Å². The zero-order valence-corrected chi connectivity index (χ0v) is 19.1. The lowest BCUT2D eigenvalue weighted by Crippen LogP contribution is -2.23. The van der Waals surface area contributed by atoms with Crippen molar-refractivity contribution in [2.24, 2.45) is 0 Å². The highest BCUT2D eigenvalue weighted by Crippen LogP contribution is 2.37. The monoisotopic (exact) mass is 482 g/mol. The van der Waals surface area contributed by atoms with Gasteiger partial charge in [-0.15, -0.1) is 0 Å². The largest absolute Gasteiger partial charge is 0.417 e. The van der Waals surface area contributed by atoms with E-state index in [0.29, 0.717) is 23.3 Å². The summed E-state index contributed by atoms with van der Waals surface area (Å²) in [5.74, 6) is -0.667. The molecule has 0 bridgehead atoms. The van der Waals surface area contributed by atoms with Crippen molar-refractivity contribution in [2.75, 3.05) is 12.4 Å². The van der Waals surface area contributed by atoms with Crippen LogP contribution in [0, 0.1) is 6.92 Å². The smallest absolute Gasteiger partial charge is 0.342 e. The number of halogens is 3. The van der Waals surface area contributed by atoms with Crippen LogP contribution in [0.15, 0.2) is 59.1 Å². The molecule has 0 aliphatic rings. The first-order valence-electron chi connectivity index (χ1n) is 10.6. The minimum atomic E-state index is -4.61. The Morgan fingerprint density at radius 3 is 2.54 bits per heavy atom. The lowest BCUT2D eigenvalue weighted by Gasteiger charge is -2.16. The molecule has 2 heterocycles. The van der Waals surface area contributed by atoms with Gasteiger partial charge in [0.05, 0.1) is 27.9 Å². The molecule has 2 aromatic carbocycles. The minimum absolute atomic E-state index is 0.0426. The fraction of sp³-hybridized carbons (Fsp3) is 0.200. The van der Waals surface area contributed by atoms with E-state index < -0.39 is 17.6 Å². The lowest BCUT2D eigenvalue weighted by atomic mass is 10.0. The van der Waals surface area contributed by atoms with E-state index in [2.05, 4.69) is 15.5 Å². The molecule has 0 spiro atoms. The van der Waals surface area contributed by atoms with Crippen LogP contribution >= 0.6 is 0 Å². The number of benzene rings is 2. The molecule has 0 atom stereocenters. The minimum Gasteiger partial charge on any atom is -0.342 e. The zero-order chi connectivity index (χ0) is 25.3. The molecule has 1 N–H and O–H groups in total. The van der Waals surface area contributed by atoms with Gasteiger partial charge in [-0.05, 0) is 36.8 Å². The van der Waals surface area contributed by atoms with Crippen molar-refractivity contribution in [2.45, 2.75) is 26.6 Å². The molecule has 0 saturated heterocycles. The molecule has 35 heavy (non-hydrogen) atoms. The number of carbonyl (C=O) groups excluding carboxylic acids is 2. The number of alkyl halides is 3. The van der Waals surface area contributed by atoms with Gasteiger partial charge in [-0.1, -0.05) is 35.5 Å². The Morgan fingerprint density at radius 1 is 1.09 bits per heavy atom. The van der Waals surface area contributed by atoms with Gasteiger partial charge in [0.15, 0.2) is 0 Å². The number of carbonyl (C=O) groups is 2. The molecule has 0 aliphatic carbocycles. The first-order valence-corrected chi connectivity index (χ1v) is 10.6. The van der Waals surface area contributed by atoms with E-state index in [-0.39, 0.29) is 28.4 Å². The van der Waals surface area contributed by atoms with E-state index in [4.69, 9.17) is 4.52 Å². The summed E-state index contributed by atoms with van der Waals surface area (Å²) in [6.07, 6.45) is -4.61. The average Bonchev–Trinajstić information content (AvgIpc) is 3.18. The number of nitrogens with one attached hydrogen (secondary N) is 1. The number of aromatic nitrogens is 2. The topological polar surface area (TPSA) is 88.3 Å². The molecule has 180 valence electrons. The summed E-state index contributed by atoms with van der Waals surface area (Å²) in [4.78, 5) is 30.6. The summed E-state index contributed by atoms with van der Waals surface area (Å²) in [6, 6.07) is 13.2. The van der Waals surface area contributed by atoms with Crippen molar-refractivity contribution in [3.8, 4) is 11.3 Å². The molecular weight excluding hydrogens is 461 g/mol. The van der Waals surface area contributed by atoms with Crippen molar-refractivity contribution in [3.63, 3.8) is 0 Å². The number of anilines is 1. The molecule has 0 fully saturated rings. The van der Waals surface area contributed by atoms with E-state index in [1.54, 1.807) is 32.2 Å². The highest BCUT2D eigenvalue weighted by molar-refractivity contribution is 6.13. The molecule has 10 heteroatoms. The molecule has 0 radical (unpaired) electrons. The highest BCUT2D eigenvalue weighted by atomic mass is 19.4. The Hall–Kier alpha value is -4.21. The maximum Gasteiger partial charge on any atom is 0.417 e. The highest BCUT2D eigenvalue weighted by Gasteiger charge is 2.34. The lowest BCUT2D eigenvalue weighted by molar-refractivity contribution is -0.137. The Balaban J connectivity index is 1.75. The summed E-state index contributed by atoms with van der Waals surface area (Å²) in [6.45, 7) is 3.42. The third-order valence-corrected chi connectivity index (χ3v) is 5.51. The van der Waals surface area contributed by atoms with Gasteiger partial charge in [0, 0.05) is 31.8 Å². The molecule has 0 aliphatic heterocycles. The number of nitrogens with zero attached hydrogens (tertiary/aromatic N) is 3. The van der Waals surface area contributed by atoms with Gasteiger partial charge >= 0.3 is 6.18 Å². The van der Waals surface area contributed by atoms with E-state index in [0.717, 1.165) is 11.6 Å². The van der Waals surface area contributed by atoms with E-state index in [1.807, 2.05) is 6.07 Å². The Labute approximate surface area is 198 Å². The van der Waals surface area contributed by atoms with Gasteiger partial charge in [-0.3, -0.25) is 9.59 Å². The third-order valence-electron chi connectivity index (χ3n) is 5.51. The molecular formula is C25H21F3N4O3. The van der Waals surface area contributed by atoms with Gasteiger partial charge in [0.1, 0.15) is 0 Å². The van der Waals surface area contributed by atoms with Crippen LogP contribution in [0.1, 0.15) is 34.1 Å². The molecule has 4 aromatic rings. The number of rotatable bonds is 5. The van der Waals surface area contributed by atoms with Gasteiger partial charge < -0.3 is 14.7 Å². The van der Waals surface area contributed by atoms with Crippen LogP contribution in [0.5, 0.6) is 0 Å². The maximum absolute atomic E-state index is 13.6. The van der Waals surface area contributed by atoms with Crippen molar-refractivity contribution < 1.29 is 27.3 Å². The summed E-state index contributed by atoms with van der Waals surface area (Å²) in [5, 5.41) is 6.92. The number of pyridine rings is 1. The molecule has 4 rings (SSSR count). The van der Waals surface area contributed by atoms with Gasteiger partial charge in [-0.2, -0.15) is 13.2 Å². The van der Waals surface area contributed by atoms with Crippen LogP contribution < -0.4 is 5.32 Å². The summed E-state index contributed by atoms with van der Waals surface area (Å²) in [7, 11) is 1.66. The van der Waals surface area contributed by atoms with Crippen LogP contribution in [-0.4, -0.2) is 33.9 Å². The maximum atomic E-state index is 13.6. The van der Waals surface area contributed by atoms with Gasteiger partial charge in [0.25, 0.3) is 11.6 Å². The number of hydrogen-bond donors (Lipinski definition) is 1. The molecule has 7 nitrogen and oxygen atoms in total. The predicted molar refractivity (Wildman–Crippen MR) is 124 cm³/mol. The Kier molecular flexibility index (Phi) is 6.29. The standard InChI is InChI=1S/C25H21F3N4O3/c1-14-22-19(23(34)29-17-8-6-7-16(11-17)13-32(3)15(2)33)12-21(30-24(22)35-31-14)18-9-4-5-10-20(18)25(26,27)28/h4-12H,13H2,1-3H3,(H,29,34). The Morgan fingerprint density at radius 2 is 1.83 bits per heavy atom. The van der Waals surface area contributed by atoms with E-state index >= 15 is 0 Å². The van der Waals surface area contributed by atoms with Gasteiger partial charge in [-0.25, -0.2) is 4.98 Å². The van der Waals surface area contributed by atoms with Crippen molar-refractivity contribution in [3.05, 3.63) is 77.0 Å². The summed E-state index contributed by atoms with van der Waals surface area (Å²) < 4.78 is 46.0. The normalized spacial score (nSPS) is 11.5. The zero-order valence-electron chi connectivity index (χ0n) is 19.1. The third kappa shape index (κ3) is 5.01. The van der Waals surface area contributed by atoms with E-state index in [1.165, 1.54) is 36.1 Å². The molecule has 0 saturated carbocycles. The second kappa shape index (κ2) is 9.21. The molecule has 2 aromatic heterocycles. The van der Waals surface area contributed by atoms with Crippen molar-refractivity contribution in [1.29, 1.82) is 0 Å². The van der Waals surface area contributed by atoms with Crippen molar-refractivity contribution >= 4 is 28.6 Å². The fourth-order valence-electron chi connectivity index (χ4n) is 3.70. The number of hydrogen-bond acceptors (Lipinski definition) is 5. The first kappa shape index (κ1) is 23.9. The quantitative estimate of drug-likeness (QED) is 0.409. The van der Waals surface area contributed by atoms with Gasteiger partial charge in [0.2, 0.25) is 5.91 Å². The van der Waals surface area contributed by atoms with Crippen LogP contribution in [0.3, 0.4) is 0 Å².